The standard InChI is InChI=1S/C22H24N6O/c1-3-18-11-20(22(29)27-10-6-4-5-7-15(27)2)25-21-12-19(26-28(18)21)16-8-9-17(13-23)24-14-16/h8-9,11-12,14-15H,3-7,10H2,1-2H3. The first kappa shape index (κ1) is 19.1. The number of rotatable bonds is 3. The fraction of sp³-hybridized carbons (Fsp3) is 0.409. The highest BCUT2D eigenvalue weighted by atomic mass is 16.2. The van der Waals surface area contributed by atoms with Gasteiger partial charge in [0.1, 0.15) is 17.5 Å². The third-order valence-electron chi connectivity index (χ3n) is 5.57. The summed E-state index contributed by atoms with van der Waals surface area (Å²) in [6.45, 7) is 4.95. The van der Waals surface area contributed by atoms with Crippen molar-refractivity contribution in [3.63, 3.8) is 0 Å². The molecule has 7 heteroatoms. The highest BCUT2D eigenvalue weighted by Gasteiger charge is 2.25. The second-order valence-electron chi connectivity index (χ2n) is 7.53. The first-order chi connectivity index (χ1) is 14.1. The molecule has 1 saturated heterocycles. The van der Waals surface area contributed by atoms with Gasteiger partial charge in [0, 0.05) is 36.1 Å². The van der Waals surface area contributed by atoms with Crippen LogP contribution in [0.5, 0.6) is 0 Å². The van der Waals surface area contributed by atoms with Gasteiger partial charge in [-0.15, -0.1) is 0 Å². The number of carbonyl (C=O) groups is 1. The van der Waals surface area contributed by atoms with E-state index in [9.17, 15) is 4.79 Å². The van der Waals surface area contributed by atoms with Crippen LogP contribution in [-0.2, 0) is 6.42 Å². The summed E-state index contributed by atoms with van der Waals surface area (Å²) in [6.07, 6.45) is 6.80. The number of nitriles is 1. The highest BCUT2D eigenvalue weighted by Crippen LogP contribution is 2.22. The summed E-state index contributed by atoms with van der Waals surface area (Å²) in [5, 5.41) is 13.6. The summed E-state index contributed by atoms with van der Waals surface area (Å²) in [6, 6.07) is 9.47. The Kier molecular flexibility index (Phi) is 5.26. The van der Waals surface area contributed by atoms with Gasteiger partial charge in [0.05, 0.1) is 5.69 Å². The number of aromatic nitrogens is 4. The van der Waals surface area contributed by atoms with Gasteiger partial charge >= 0.3 is 0 Å². The molecule has 29 heavy (non-hydrogen) atoms. The van der Waals surface area contributed by atoms with Crippen molar-refractivity contribution in [2.24, 2.45) is 0 Å². The Morgan fingerprint density at radius 1 is 1.28 bits per heavy atom. The SMILES string of the molecule is CCc1cc(C(=O)N2CCCCCC2C)nc2cc(-c3ccc(C#N)nc3)nn12. The van der Waals surface area contributed by atoms with Crippen molar-refractivity contribution in [1.82, 2.24) is 24.5 Å². The Morgan fingerprint density at radius 2 is 2.14 bits per heavy atom. The van der Waals surface area contributed by atoms with E-state index in [0.717, 1.165) is 42.8 Å². The van der Waals surface area contributed by atoms with Crippen molar-refractivity contribution in [3.05, 3.63) is 47.5 Å². The average Bonchev–Trinajstić information content (AvgIpc) is 3.07. The molecule has 1 amide bonds. The molecular formula is C22H24N6O. The van der Waals surface area contributed by atoms with Crippen LogP contribution in [0.1, 0.15) is 61.4 Å². The van der Waals surface area contributed by atoms with Gasteiger partial charge in [-0.2, -0.15) is 10.4 Å². The molecule has 1 aliphatic heterocycles. The molecule has 1 atom stereocenters. The summed E-state index contributed by atoms with van der Waals surface area (Å²) >= 11 is 0. The third-order valence-corrected chi connectivity index (χ3v) is 5.57. The largest absolute Gasteiger partial charge is 0.335 e. The fourth-order valence-electron chi connectivity index (χ4n) is 3.87. The third kappa shape index (κ3) is 3.70. The van der Waals surface area contributed by atoms with E-state index in [2.05, 4.69) is 22.0 Å². The van der Waals surface area contributed by atoms with Crippen molar-refractivity contribution in [2.75, 3.05) is 6.54 Å². The molecular weight excluding hydrogens is 364 g/mol. The number of hydrogen-bond donors (Lipinski definition) is 0. The summed E-state index contributed by atoms with van der Waals surface area (Å²) in [4.78, 5) is 23.9. The van der Waals surface area contributed by atoms with Crippen LogP contribution in [0.2, 0.25) is 0 Å². The van der Waals surface area contributed by atoms with Crippen molar-refractivity contribution >= 4 is 11.6 Å². The Labute approximate surface area is 170 Å². The topological polar surface area (TPSA) is 87.2 Å². The summed E-state index contributed by atoms with van der Waals surface area (Å²) in [5.41, 5.74) is 3.96. The second-order valence-corrected chi connectivity index (χ2v) is 7.53. The van der Waals surface area contributed by atoms with Crippen LogP contribution in [0.3, 0.4) is 0 Å². The number of hydrogen-bond acceptors (Lipinski definition) is 5. The Morgan fingerprint density at radius 3 is 2.86 bits per heavy atom. The summed E-state index contributed by atoms with van der Waals surface area (Å²) < 4.78 is 1.79. The molecule has 1 fully saturated rings. The molecule has 0 aliphatic carbocycles. The van der Waals surface area contributed by atoms with E-state index >= 15 is 0 Å². The first-order valence-corrected chi connectivity index (χ1v) is 10.2. The maximum Gasteiger partial charge on any atom is 0.272 e. The lowest BCUT2D eigenvalue weighted by Gasteiger charge is -2.27. The molecule has 7 nitrogen and oxygen atoms in total. The number of aryl methyl sites for hydroxylation is 1. The Hall–Kier alpha value is -3.27. The van der Waals surface area contributed by atoms with Gasteiger partial charge in [-0.25, -0.2) is 14.5 Å². The lowest BCUT2D eigenvalue weighted by molar-refractivity contribution is 0.0692. The minimum Gasteiger partial charge on any atom is -0.335 e. The Bertz CT molecular complexity index is 1080. The van der Waals surface area contributed by atoms with Crippen molar-refractivity contribution in [2.45, 2.75) is 52.0 Å². The van der Waals surface area contributed by atoms with Crippen LogP contribution in [0.4, 0.5) is 0 Å². The van der Waals surface area contributed by atoms with E-state index < -0.39 is 0 Å². The normalized spacial score (nSPS) is 17.1. The second kappa shape index (κ2) is 8.00. The number of amides is 1. The zero-order valence-electron chi connectivity index (χ0n) is 16.8. The van der Waals surface area contributed by atoms with E-state index in [1.165, 1.54) is 12.8 Å². The van der Waals surface area contributed by atoms with Crippen molar-refractivity contribution in [1.29, 1.82) is 5.26 Å². The minimum absolute atomic E-state index is 0.000565. The molecule has 0 N–H and O–H groups in total. The quantitative estimate of drug-likeness (QED) is 0.684. The van der Waals surface area contributed by atoms with E-state index in [4.69, 9.17) is 5.26 Å². The Balaban J connectivity index is 1.73. The monoisotopic (exact) mass is 388 g/mol. The fourth-order valence-corrected chi connectivity index (χ4v) is 3.87. The van der Waals surface area contributed by atoms with E-state index in [0.29, 0.717) is 17.0 Å². The van der Waals surface area contributed by atoms with E-state index in [1.807, 2.05) is 36.1 Å². The lowest BCUT2D eigenvalue weighted by Crippen LogP contribution is -2.38. The molecule has 1 aliphatic rings. The number of carbonyl (C=O) groups excluding carboxylic acids is 1. The zero-order chi connectivity index (χ0) is 20.4. The first-order valence-electron chi connectivity index (χ1n) is 10.2. The molecule has 3 aromatic rings. The lowest BCUT2D eigenvalue weighted by atomic mass is 10.1. The molecule has 0 spiro atoms. The van der Waals surface area contributed by atoms with Crippen molar-refractivity contribution < 1.29 is 4.79 Å². The molecule has 1 unspecified atom stereocenters. The molecule has 0 saturated carbocycles. The highest BCUT2D eigenvalue weighted by molar-refractivity contribution is 5.93. The number of fused-ring (bicyclic) bond motifs is 1. The molecule has 148 valence electrons. The smallest absolute Gasteiger partial charge is 0.272 e. The predicted molar refractivity (Wildman–Crippen MR) is 109 cm³/mol. The number of likely N-dealkylation sites (tertiary alicyclic amines) is 1. The van der Waals surface area contributed by atoms with E-state index in [-0.39, 0.29) is 11.9 Å². The number of nitrogens with zero attached hydrogens (tertiary/aromatic N) is 6. The molecule has 4 heterocycles. The predicted octanol–water partition coefficient (Wildman–Crippen LogP) is 3.63. The minimum atomic E-state index is -0.000565. The van der Waals surface area contributed by atoms with Crippen LogP contribution in [-0.4, -0.2) is 43.0 Å². The van der Waals surface area contributed by atoms with Gasteiger partial charge in [-0.05, 0) is 44.4 Å². The molecule has 0 aromatic carbocycles. The van der Waals surface area contributed by atoms with Crippen molar-refractivity contribution in [3.8, 4) is 17.3 Å². The maximum atomic E-state index is 13.2. The van der Waals surface area contributed by atoms with Gasteiger partial charge in [-0.3, -0.25) is 4.79 Å². The molecule has 0 bridgehead atoms. The van der Waals surface area contributed by atoms with Gasteiger partial charge in [0.25, 0.3) is 5.91 Å². The summed E-state index contributed by atoms with van der Waals surface area (Å²) in [7, 11) is 0. The maximum absolute atomic E-state index is 13.2. The van der Waals surface area contributed by atoms with Crippen LogP contribution in [0, 0.1) is 11.3 Å². The molecule has 4 rings (SSSR count). The van der Waals surface area contributed by atoms with Gasteiger partial charge in [0.15, 0.2) is 5.65 Å². The molecule has 3 aromatic heterocycles. The van der Waals surface area contributed by atoms with Crippen LogP contribution >= 0.6 is 0 Å². The number of pyridine rings is 1. The van der Waals surface area contributed by atoms with Gasteiger partial charge < -0.3 is 4.90 Å². The zero-order valence-corrected chi connectivity index (χ0v) is 16.8. The van der Waals surface area contributed by atoms with Gasteiger partial charge in [0.2, 0.25) is 0 Å². The van der Waals surface area contributed by atoms with Crippen LogP contribution < -0.4 is 0 Å². The average molecular weight is 388 g/mol. The van der Waals surface area contributed by atoms with Crippen LogP contribution in [0.15, 0.2) is 30.5 Å². The van der Waals surface area contributed by atoms with E-state index in [1.54, 1.807) is 16.8 Å². The van der Waals surface area contributed by atoms with Crippen LogP contribution in [0.25, 0.3) is 16.9 Å². The summed E-state index contributed by atoms with van der Waals surface area (Å²) in [5.74, 6) is -0.000565. The molecule has 0 radical (unpaired) electrons. The van der Waals surface area contributed by atoms with Gasteiger partial charge in [-0.1, -0.05) is 19.8 Å².